The molecule has 0 radical (unpaired) electrons. The predicted molar refractivity (Wildman–Crippen MR) is 31.5 cm³/mol. The molecule has 0 amide bonds. The van der Waals surface area contributed by atoms with Crippen LogP contribution in [0.1, 0.15) is 6.42 Å². The Hall–Kier alpha value is -0.370. The fourth-order valence-electron chi connectivity index (χ4n) is 0.799. The van der Waals surface area contributed by atoms with Crippen LogP contribution in [0.3, 0.4) is 0 Å². The summed E-state index contributed by atoms with van der Waals surface area (Å²) >= 11 is 0. The number of nitrogens with one attached hydrogen (secondary N) is 1. The molecule has 1 aliphatic rings. The standard InChI is InChI=1S/C6H10FN/c1-2-3-6(7)4-8-5-6/h2,8H,1,3-5H2. The van der Waals surface area contributed by atoms with Crippen molar-refractivity contribution >= 4 is 0 Å². The third-order valence-corrected chi connectivity index (χ3v) is 1.39. The molecule has 0 bridgehead atoms. The average molecular weight is 115 g/mol. The Bertz CT molecular complexity index is 96.7. The summed E-state index contributed by atoms with van der Waals surface area (Å²) < 4.78 is 12.8. The first kappa shape index (κ1) is 5.76. The van der Waals surface area contributed by atoms with E-state index in [0.29, 0.717) is 19.5 Å². The van der Waals surface area contributed by atoms with E-state index in [9.17, 15) is 4.39 Å². The van der Waals surface area contributed by atoms with E-state index in [1.54, 1.807) is 6.08 Å². The van der Waals surface area contributed by atoms with Crippen LogP contribution in [0.15, 0.2) is 12.7 Å². The summed E-state index contributed by atoms with van der Waals surface area (Å²) in [7, 11) is 0. The summed E-state index contributed by atoms with van der Waals surface area (Å²) in [5, 5.41) is 2.86. The van der Waals surface area contributed by atoms with Crippen molar-refractivity contribution in [2.24, 2.45) is 0 Å². The van der Waals surface area contributed by atoms with Crippen LogP contribution in [0.25, 0.3) is 0 Å². The van der Waals surface area contributed by atoms with Gasteiger partial charge >= 0.3 is 0 Å². The van der Waals surface area contributed by atoms with Crippen molar-refractivity contribution in [3.63, 3.8) is 0 Å². The van der Waals surface area contributed by atoms with Gasteiger partial charge in [0, 0.05) is 19.5 Å². The maximum atomic E-state index is 12.8. The van der Waals surface area contributed by atoms with Gasteiger partial charge < -0.3 is 5.32 Å². The van der Waals surface area contributed by atoms with E-state index in [4.69, 9.17) is 0 Å². The molecule has 0 aromatic heterocycles. The third kappa shape index (κ3) is 0.892. The normalized spacial score (nSPS) is 24.1. The van der Waals surface area contributed by atoms with Gasteiger partial charge in [0.05, 0.1) is 0 Å². The van der Waals surface area contributed by atoms with Crippen LogP contribution in [0, 0.1) is 0 Å². The molecule has 0 spiro atoms. The zero-order valence-electron chi connectivity index (χ0n) is 4.78. The summed E-state index contributed by atoms with van der Waals surface area (Å²) in [5.41, 5.74) is -0.957. The Kier molecular flexibility index (Phi) is 1.34. The van der Waals surface area contributed by atoms with Gasteiger partial charge in [-0.25, -0.2) is 4.39 Å². The molecule has 0 aliphatic carbocycles. The lowest BCUT2D eigenvalue weighted by Gasteiger charge is -2.33. The van der Waals surface area contributed by atoms with E-state index < -0.39 is 5.67 Å². The van der Waals surface area contributed by atoms with Crippen molar-refractivity contribution < 1.29 is 4.39 Å². The molecule has 0 aromatic carbocycles. The Balaban J connectivity index is 2.29. The Morgan fingerprint density at radius 2 is 2.38 bits per heavy atom. The minimum absolute atomic E-state index is 0.486. The van der Waals surface area contributed by atoms with Gasteiger partial charge in [-0.2, -0.15) is 0 Å². The van der Waals surface area contributed by atoms with Crippen molar-refractivity contribution in [3.05, 3.63) is 12.7 Å². The average Bonchev–Trinajstić information content (AvgIpc) is 1.64. The summed E-state index contributed by atoms with van der Waals surface area (Å²) in [4.78, 5) is 0. The summed E-state index contributed by atoms with van der Waals surface area (Å²) in [5.74, 6) is 0. The van der Waals surface area contributed by atoms with E-state index in [1.165, 1.54) is 0 Å². The molecule has 1 fully saturated rings. The van der Waals surface area contributed by atoms with Crippen LogP contribution in [0.5, 0.6) is 0 Å². The van der Waals surface area contributed by atoms with Gasteiger partial charge in [0.15, 0.2) is 0 Å². The zero-order chi connectivity index (χ0) is 6.04. The SMILES string of the molecule is C=CCC1(F)CNC1. The van der Waals surface area contributed by atoms with Gasteiger partial charge in [-0.3, -0.25) is 0 Å². The first-order valence-electron chi connectivity index (χ1n) is 2.77. The molecular formula is C6H10FN. The summed E-state index contributed by atoms with van der Waals surface area (Å²) in [6, 6.07) is 0. The van der Waals surface area contributed by atoms with E-state index in [-0.39, 0.29) is 0 Å². The maximum Gasteiger partial charge on any atom is 0.139 e. The van der Waals surface area contributed by atoms with Crippen molar-refractivity contribution in [2.75, 3.05) is 13.1 Å². The van der Waals surface area contributed by atoms with E-state index in [0.717, 1.165) is 0 Å². The molecule has 0 saturated carbocycles. The van der Waals surface area contributed by atoms with Crippen LogP contribution in [0.4, 0.5) is 4.39 Å². The molecule has 0 atom stereocenters. The fraction of sp³-hybridized carbons (Fsp3) is 0.667. The molecule has 1 nitrogen and oxygen atoms in total. The quantitative estimate of drug-likeness (QED) is 0.527. The van der Waals surface area contributed by atoms with Crippen molar-refractivity contribution in [3.8, 4) is 0 Å². The van der Waals surface area contributed by atoms with Gasteiger partial charge in [0.25, 0.3) is 0 Å². The van der Waals surface area contributed by atoms with E-state index in [2.05, 4.69) is 11.9 Å². The number of rotatable bonds is 2. The molecule has 8 heavy (non-hydrogen) atoms. The number of allylic oxidation sites excluding steroid dienone is 1. The molecule has 0 unspecified atom stereocenters. The van der Waals surface area contributed by atoms with Crippen LogP contribution in [0.2, 0.25) is 0 Å². The second kappa shape index (κ2) is 1.86. The molecule has 46 valence electrons. The first-order chi connectivity index (χ1) is 3.77. The molecular weight excluding hydrogens is 105 g/mol. The second-order valence-electron chi connectivity index (χ2n) is 2.25. The lowest BCUT2D eigenvalue weighted by Crippen LogP contribution is -2.55. The predicted octanol–water partition coefficient (Wildman–Crippen LogP) is 0.874. The lowest BCUT2D eigenvalue weighted by atomic mass is 9.96. The van der Waals surface area contributed by atoms with Crippen molar-refractivity contribution in [1.82, 2.24) is 5.32 Å². The Labute approximate surface area is 48.6 Å². The van der Waals surface area contributed by atoms with Crippen LogP contribution < -0.4 is 5.32 Å². The first-order valence-corrected chi connectivity index (χ1v) is 2.77. The highest BCUT2D eigenvalue weighted by atomic mass is 19.1. The lowest BCUT2D eigenvalue weighted by molar-refractivity contribution is 0.0944. The maximum absolute atomic E-state index is 12.8. The van der Waals surface area contributed by atoms with Gasteiger partial charge in [-0.1, -0.05) is 6.08 Å². The summed E-state index contributed by atoms with van der Waals surface area (Å²) in [6.45, 7) is 4.46. The molecule has 1 aliphatic heterocycles. The van der Waals surface area contributed by atoms with Crippen LogP contribution in [-0.2, 0) is 0 Å². The van der Waals surface area contributed by atoms with Gasteiger partial charge in [-0.15, -0.1) is 6.58 Å². The van der Waals surface area contributed by atoms with Crippen molar-refractivity contribution in [1.29, 1.82) is 0 Å². The number of alkyl halides is 1. The van der Waals surface area contributed by atoms with Gasteiger partial charge in [0.2, 0.25) is 0 Å². The minimum Gasteiger partial charge on any atom is -0.310 e. The highest BCUT2D eigenvalue weighted by molar-refractivity contribution is 4.97. The second-order valence-corrected chi connectivity index (χ2v) is 2.25. The number of hydrogen-bond donors (Lipinski definition) is 1. The highest BCUT2D eigenvalue weighted by Gasteiger charge is 2.34. The fourth-order valence-corrected chi connectivity index (χ4v) is 0.799. The smallest absolute Gasteiger partial charge is 0.139 e. The molecule has 1 rings (SSSR count). The molecule has 0 aromatic rings. The van der Waals surface area contributed by atoms with Gasteiger partial charge in [0.1, 0.15) is 5.67 Å². The molecule has 1 saturated heterocycles. The largest absolute Gasteiger partial charge is 0.310 e. The summed E-state index contributed by atoms with van der Waals surface area (Å²) in [6.07, 6.45) is 2.11. The Morgan fingerprint density at radius 3 is 2.50 bits per heavy atom. The molecule has 1 heterocycles. The van der Waals surface area contributed by atoms with Crippen LogP contribution >= 0.6 is 0 Å². The van der Waals surface area contributed by atoms with Crippen molar-refractivity contribution in [2.45, 2.75) is 12.1 Å². The van der Waals surface area contributed by atoms with Gasteiger partial charge in [-0.05, 0) is 0 Å². The van der Waals surface area contributed by atoms with E-state index in [1.807, 2.05) is 0 Å². The Morgan fingerprint density at radius 1 is 1.75 bits per heavy atom. The topological polar surface area (TPSA) is 12.0 Å². The highest BCUT2D eigenvalue weighted by Crippen LogP contribution is 2.20. The number of hydrogen-bond acceptors (Lipinski definition) is 1. The third-order valence-electron chi connectivity index (χ3n) is 1.39. The zero-order valence-corrected chi connectivity index (χ0v) is 4.78. The molecule has 2 heteroatoms. The minimum atomic E-state index is -0.957. The van der Waals surface area contributed by atoms with Crippen LogP contribution in [-0.4, -0.2) is 18.8 Å². The monoisotopic (exact) mass is 115 g/mol. The van der Waals surface area contributed by atoms with E-state index >= 15 is 0 Å². The number of halogens is 1. The molecule has 1 N–H and O–H groups in total.